The van der Waals surface area contributed by atoms with Crippen LogP contribution in [0, 0.1) is 0 Å². The summed E-state index contributed by atoms with van der Waals surface area (Å²) in [6.45, 7) is 3.68. The molecule has 2 N–H and O–H groups in total. The van der Waals surface area contributed by atoms with Crippen molar-refractivity contribution in [1.82, 2.24) is 9.97 Å². The second kappa shape index (κ2) is 4.74. The number of H-pyrrole nitrogens is 1. The summed E-state index contributed by atoms with van der Waals surface area (Å²) in [5.41, 5.74) is 1.52. The molecule has 0 amide bonds. The molecule has 0 spiro atoms. The van der Waals surface area contributed by atoms with Crippen molar-refractivity contribution in [3.05, 3.63) is 42.7 Å². The zero-order chi connectivity index (χ0) is 12.3. The van der Waals surface area contributed by atoms with E-state index < -0.39 is 0 Å². The Morgan fingerprint density at radius 2 is 2.35 bits per heavy atom. The molecule has 4 nitrogen and oxygen atoms in total. The van der Waals surface area contributed by atoms with Gasteiger partial charge in [0.1, 0.15) is 5.82 Å². The zero-order valence-electron chi connectivity index (χ0n) is 9.60. The molecular formula is C13H14N2O2. The van der Waals surface area contributed by atoms with Gasteiger partial charge in [0.05, 0.1) is 12.7 Å². The first-order valence-corrected chi connectivity index (χ1v) is 5.27. The molecular weight excluding hydrogens is 216 g/mol. The lowest BCUT2D eigenvalue weighted by atomic mass is 10.1. The third kappa shape index (κ3) is 2.01. The molecule has 0 fully saturated rings. The van der Waals surface area contributed by atoms with Gasteiger partial charge in [-0.25, -0.2) is 4.98 Å². The molecule has 0 aliphatic heterocycles. The number of ether oxygens (including phenoxy) is 1. The van der Waals surface area contributed by atoms with Crippen molar-refractivity contribution in [2.75, 3.05) is 7.11 Å². The van der Waals surface area contributed by atoms with Gasteiger partial charge >= 0.3 is 0 Å². The van der Waals surface area contributed by atoms with E-state index in [1.54, 1.807) is 18.5 Å². The Balaban J connectivity index is 2.54. The van der Waals surface area contributed by atoms with E-state index in [1.807, 2.05) is 12.1 Å². The molecule has 0 radical (unpaired) electrons. The number of hydrogen-bond acceptors (Lipinski definition) is 3. The first kappa shape index (κ1) is 11.3. The number of imidazole rings is 1. The number of aromatic nitrogens is 2. The molecule has 0 aliphatic carbocycles. The highest BCUT2D eigenvalue weighted by Crippen LogP contribution is 2.38. The maximum absolute atomic E-state index is 10.1. The lowest BCUT2D eigenvalue weighted by Crippen LogP contribution is -1.93. The van der Waals surface area contributed by atoms with Crippen LogP contribution in [0.15, 0.2) is 37.2 Å². The quantitative estimate of drug-likeness (QED) is 0.793. The predicted octanol–water partition coefficient (Wildman–Crippen LogP) is 2.52. The molecule has 1 heterocycles. The summed E-state index contributed by atoms with van der Waals surface area (Å²) in [5, 5.41) is 10.1. The average Bonchev–Trinajstić information content (AvgIpc) is 2.83. The van der Waals surface area contributed by atoms with Crippen molar-refractivity contribution < 1.29 is 9.84 Å². The second-order valence-corrected chi connectivity index (χ2v) is 3.58. The van der Waals surface area contributed by atoms with Gasteiger partial charge in [-0.1, -0.05) is 12.1 Å². The van der Waals surface area contributed by atoms with E-state index in [-0.39, 0.29) is 5.75 Å². The number of nitrogens with one attached hydrogen (secondary N) is 1. The number of rotatable bonds is 4. The molecule has 2 aromatic rings. The topological polar surface area (TPSA) is 58.1 Å². The third-order valence-electron chi connectivity index (χ3n) is 2.53. The summed E-state index contributed by atoms with van der Waals surface area (Å²) in [6.07, 6.45) is 5.76. The highest BCUT2D eigenvalue weighted by Gasteiger charge is 2.14. The molecule has 1 aromatic heterocycles. The van der Waals surface area contributed by atoms with Gasteiger partial charge in [-0.15, -0.1) is 6.58 Å². The van der Waals surface area contributed by atoms with E-state index in [9.17, 15) is 5.11 Å². The van der Waals surface area contributed by atoms with Crippen LogP contribution >= 0.6 is 0 Å². The molecule has 0 unspecified atom stereocenters. The second-order valence-electron chi connectivity index (χ2n) is 3.58. The van der Waals surface area contributed by atoms with Crippen LogP contribution in [0.1, 0.15) is 5.56 Å². The molecule has 0 atom stereocenters. The van der Waals surface area contributed by atoms with Gasteiger partial charge in [0.25, 0.3) is 0 Å². The van der Waals surface area contributed by atoms with Crippen molar-refractivity contribution >= 4 is 0 Å². The van der Waals surface area contributed by atoms with Crippen molar-refractivity contribution in [3.63, 3.8) is 0 Å². The van der Waals surface area contributed by atoms with Gasteiger partial charge in [-0.3, -0.25) is 0 Å². The highest BCUT2D eigenvalue weighted by molar-refractivity contribution is 5.70. The zero-order valence-corrected chi connectivity index (χ0v) is 9.60. The van der Waals surface area contributed by atoms with E-state index in [1.165, 1.54) is 7.11 Å². The Morgan fingerprint density at radius 1 is 1.53 bits per heavy atom. The average molecular weight is 230 g/mol. The van der Waals surface area contributed by atoms with E-state index >= 15 is 0 Å². The van der Waals surface area contributed by atoms with Crippen LogP contribution in [-0.4, -0.2) is 22.2 Å². The monoisotopic (exact) mass is 230 g/mol. The molecule has 0 saturated carbocycles. The summed E-state index contributed by atoms with van der Waals surface area (Å²) in [5.74, 6) is 1.19. The molecule has 88 valence electrons. The Hall–Kier alpha value is -2.23. The minimum Gasteiger partial charge on any atom is -0.504 e. The van der Waals surface area contributed by atoms with Crippen LogP contribution < -0.4 is 4.74 Å². The molecule has 0 saturated heterocycles. The fraction of sp³-hybridized carbons (Fsp3) is 0.154. The van der Waals surface area contributed by atoms with Gasteiger partial charge in [-0.2, -0.15) is 0 Å². The van der Waals surface area contributed by atoms with E-state index in [2.05, 4.69) is 16.5 Å². The number of aromatic amines is 1. The van der Waals surface area contributed by atoms with Crippen molar-refractivity contribution in [2.24, 2.45) is 0 Å². The standard InChI is InChI=1S/C13H14N2O2/c1-3-4-9-5-6-10(11(16)12(9)17-2)13-14-7-8-15-13/h3,5-8,16H,1,4H2,2H3,(H,14,15). The fourth-order valence-electron chi connectivity index (χ4n) is 1.76. The SMILES string of the molecule is C=CCc1ccc(-c2ncc[nH]2)c(O)c1OC. The van der Waals surface area contributed by atoms with Crippen LogP contribution in [0.3, 0.4) is 0 Å². The molecule has 2 rings (SSSR count). The van der Waals surface area contributed by atoms with E-state index in [0.29, 0.717) is 23.6 Å². The Labute approximate surface area is 99.6 Å². The third-order valence-corrected chi connectivity index (χ3v) is 2.53. The fourth-order valence-corrected chi connectivity index (χ4v) is 1.76. The van der Waals surface area contributed by atoms with Crippen molar-refractivity contribution in [3.8, 4) is 22.9 Å². The van der Waals surface area contributed by atoms with E-state index in [0.717, 1.165) is 5.56 Å². The summed E-state index contributed by atoms with van der Waals surface area (Å²) >= 11 is 0. The maximum atomic E-state index is 10.1. The summed E-state index contributed by atoms with van der Waals surface area (Å²) in [4.78, 5) is 7.06. The number of hydrogen-bond donors (Lipinski definition) is 2. The Bertz CT molecular complexity index is 518. The molecule has 1 aromatic carbocycles. The van der Waals surface area contributed by atoms with Crippen molar-refractivity contribution in [2.45, 2.75) is 6.42 Å². The largest absolute Gasteiger partial charge is 0.504 e. The van der Waals surface area contributed by atoms with Crippen LogP contribution in [0.2, 0.25) is 0 Å². The van der Waals surface area contributed by atoms with Gasteiger partial charge in [0.15, 0.2) is 11.5 Å². The number of methoxy groups -OCH3 is 1. The smallest absolute Gasteiger partial charge is 0.169 e. The minimum atomic E-state index is 0.0989. The molecule has 0 bridgehead atoms. The number of benzene rings is 1. The van der Waals surface area contributed by atoms with Gasteiger partial charge in [-0.05, 0) is 12.5 Å². The molecule has 4 heteroatoms. The lowest BCUT2D eigenvalue weighted by Gasteiger charge is -2.11. The maximum Gasteiger partial charge on any atom is 0.169 e. The number of allylic oxidation sites excluding steroid dienone is 1. The first-order valence-electron chi connectivity index (χ1n) is 5.27. The van der Waals surface area contributed by atoms with Crippen LogP contribution in [0.5, 0.6) is 11.5 Å². The normalized spacial score (nSPS) is 10.2. The van der Waals surface area contributed by atoms with Crippen LogP contribution in [0.25, 0.3) is 11.4 Å². The molecule has 17 heavy (non-hydrogen) atoms. The van der Waals surface area contributed by atoms with Gasteiger partial charge < -0.3 is 14.8 Å². The minimum absolute atomic E-state index is 0.0989. The van der Waals surface area contributed by atoms with E-state index in [4.69, 9.17) is 4.74 Å². The van der Waals surface area contributed by atoms with Gasteiger partial charge in [0.2, 0.25) is 0 Å². The lowest BCUT2D eigenvalue weighted by molar-refractivity contribution is 0.371. The first-order chi connectivity index (χ1) is 8.27. The molecule has 0 aliphatic rings. The van der Waals surface area contributed by atoms with Gasteiger partial charge in [0, 0.05) is 18.0 Å². The number of phenols is 1. The van der Waals surface area contributed by atoms with Crippen molar-refractivity contribution in [1.29, 1.82) is 0 Å². The summed E-state index contributed by atoms with van der Waals surface area (Å²) in [6, 6.07) is 3.72. The predicted molar refractivity (Wildman–Crippen MR) is 66.1 cm³/mol. The Kier molecular flexibility index (Phi) is 3.14. The summed E-state index contributed by atoms with van der Waals surface area (Å²) in [7, 11) is 1.54. The Morgan fingerprint density at radius 3 is 2.94 bits per heavy atom. The van der Waals surface area contributed by atoms with Crippen LogP contribution in [-0.2, 0) is 6.42 Å². The summed E-state index contributed by atoms with van der Waals surface area (Å²) < 4.78 is 5.23. The number of nitrogens with zero attached hydrogens (tertiary/aromatic N) is 1. The van der Waals surface area contributed by atoms with Crippen LogP contribution in [0.4, 0.5) is 0 Å². The number of phenolic OH excluding ortho intramolecular Hbond substituents is 1. The highest BCUT2D eigenvalue weighted by atomic mass is 16.5. The number of aromatic hydroxyl groups is 1.